The van der Waals surface area contributed by atoms with E-state index in [-0.39, 0.29) is 11.3 Å². The van der Waals surface area contributed by atoms with Crippen LogP contribution in [0.1, 0.15) is 60.3 Å². The normalized spacial score (nSPS) is 15.4. The van der Waals surface area contributed by atoms with Crippen molar-refractivity contribution < 1.29 is 4.79 Å². The largest absolute Gasteiger partial charge is 0.354 e. The van der Waals surface area contributed by atoms with Gasteiger partial charge in [-0.2, -0.15) is 0 Å². The lowest BCUT2D eigenvalue weighted by atomic mass is 9.87. The van der Waals surface area contributed by atoms with Crippen molar-refractivity contribution in [2.45, 2.75) is 66.3 Å². The highest BCUT2D eigenvalue weighted by Crippen LogP contribution is 2.17. The van der Waals surface area contributed by atoms with Crippen molar-refractivity contribution in [1.82, 2.24) is 5.32 Å². The standard InChI is InChI=1S/C14H30N2O/c1-6-8-9-11(7-2)10-16-13(17)12(15)14(3,4)5/h11-12H,6-10,15H2,1-5H3,(H,16,17). The first-order chi connectivity index (χ1) is 7.82. The Labute approximate surface area is 107 Å². The fraction of sp³-hybridized carbons (Fsp3) is 0.929. The zero-order valence-corrected chi connectivity index (χ0v) is 12.2. The minimum Gasteiger partial charge on any atom is -0.354 e. The van der Waals surface area contributed by atoms with Crippen molar-refractivity contribution in [3.8, 4) is 0 Å². The number of unbranched alkanes of at least 4 members (excludes halogenated alkanes) is 1. The molecule has 3 heteroatoms. The fourth-order valence-corrected chi connectivity index (χ4v) is 1.69. The van der Waals surface area contributed by atoms with Gasteiger partial charge in [-0.3, -0.25) is 4.79 Å². The van der Waals surface area contributed by atoms with Crippen LogP contribution in [0.2, 0.25) is 0 Å². The summed E-state index contributed by atoms with van der Waals surface area (Å²) in [6.07, 6.45) is 4.76. The molecule has 2 unspecified atom stereocenters. The maximum Gasteiger partial charge on any atom is 0.237 e. The Kier molecular flexibility index (Phi) is 7.44. The van der Waals surface area contributed by atoms with Crippen molar-refractivity contribution in [3.05, 3.63) is 0 Å². The maximum absolute atomic E-state index is 11.8. The molecule has 0 aliphatic rings. The number of amides is 1. The molecular formula is C14H30N2O. The molecule has 3 N–H and O–H groups in total. The van der Waals surface area contributed by atoms with E-state index in [0.717, 1.165) is 13.0 Å². The number of carbonyl (C=O) groups is 1. The summed E-state index contributed by atoms with van der Waals surface area (Å²) in [6, 6.07) is -0.425. The molecule has 0 saturated heterocycles. The zero-order chi connectivity index (χ0) is 13.5. The molecule has 17 heavy (non-hydrogen) atoms. The molecule has 1 amide bonds. The molecule has 0 saturated carbocycles. The zero-order valence-electron chi connectivity index (χ0n) is 12.2. The number of hydrogen-bond donors (Lipinski definition) is 2. The quantitative estimate of drug-likeness (QED) is 0.721. The Bertz CT molecular complexity index is 221. The number of carbonyl (C=O) groups excluding carboxylic acids is 1. The highest BCUT2D eigenvalue weighted by molar-refractivity contribution is 5.82. The van der Waals surface area contributed by atoms with Crippen LogP contribution in [-0.4, -0.2) is 18.5 Å². The summed E-state index contributed by atoms with van der Waals surface area (Å²) in [5.41, 5.74) is 5.74. The van der Waals surface area contributed by atoms with Crippen LogP contribution < -0.4 is 11.1 Å². The molecular weight excluding hydrogens is 212 g/mol. The van der Waals surface area contributed by atoms with Gasteiger partial charge in [-0.1, -0.05) is 53.9 Å². The van der Waals surface area contributed by atoms with Crippen molar-refractivity contribution in [2.75, 3.05) is 6.54 Å². The summed E-state index contributed by atoms with van der Waals surface area (Å²) in [4.78, 5) is 11.8. The second-order valence-corrected chi connectivity index (χ2v) is 6.01. The SMILES string of the molecule is CCCCC(CC)CNC(=O)C(N)C(C)(C)C. The van der Waals surface area contributed by atoms with Crippen molar-refractivity contribution in [1.29, 1.82) is 0 Å². The number of nitrogens with one attached hydrogen (secondary N) is 1. The molecule has 0 aliphatic heterocycles. The summed E-state index contributed by atoms with van der Waals surface area (Å²) in [7, 11) is 0. The smallest absolute Gasteiger partial charge is 0.237 e. The van der Waals surface area contributed by atoms with Gasteiger partial charge in [0.2, 0.25) is 5.91 Å². The lowest BCUT2D eigenvalue weighted by molar-refractivity contribution is -0.124. The van der Waals surface area contributed by atoms with Crippen LogP contribution in [0, 0.1) is 11.3 Å². The lowest BCUT2D eigenvalue weighted by Crippen LogP contribution is -2.49. The maximum atomic E-state index is 11.8. The van der Waals surface area contributed by atoms with Crippen LogP contribution in [0.3, 0.4) is 0 Å². The molecule has 0 aromatic carbocycles. The van der Waals surface area contributed by atoms with E-state index in [9.17, 15) is 4.79 Å². The molecule has 0 radical (unpaired) electrons. The van der Waals surface area contributed by atoms with Gasteiger partial charge in [-0.15, -0.1) is 0 Å². The molecule has 0 heterocycles. The number of hydrogen-bond acceptors (Lipinski definition) is 2. The Hall–Kier alpha value is -0.570. The van der Waals surface area contributed by atoms with Gasteiger partial charge in [-0.25, -0.2) is 0 Å². The molecule has 0 aliphatic carbocycles. The Balaban J connectivity index is 4.04. The minimum atomic E-state index is -0.425. The van der Waals surface area contributed by atoms with E-state index in [1.54, 1.807) is 0 Å². The van der Waals surface area contributed by atoms with Crippen LogP contribution in [0.25, 0.3) is 0 Å². The Morgan fingerprint density at radius 2 is 1.88 bits per heavy atom. The van der Waals surface area contributed by atoms with Crippen molar-refractivity contribution >= 4 is 5.91 Å². The molecule has 0 aromatic heterocycles. The van der Waals surface area contributed by atoms with Gasteiger partial charge in [0, 0.05) is 6.54 Å². The summed E-state index contributed by atoms with van der Waals surface area (Å²) in [5.74, 6) is 0.568. The summed E-state index contributed by atoms with van der Waals surface area (Å²) in [5, 5.41) is 2.98. The van der Waals surface area contributed by atoms with Crippen molar-refractivity contribution in [2.24, 2.45) is 17.1 Å². The van der Waals surface area contributed by atoms with Gasteiger partial charge in [0.05, 0.1) is 6.04 Å². The van der Waals surface area contributed by atoms with E-state index >= 15 is 0 Å². The topological polar surface area (TPSA) is 55.1 Å². The van der Waals surface area contributed by atoms with E-state index in [0.29, 0.717) is 5.92 Å². The first-order valence-electron chi connectivity index (χ1n) is 6.86. The van der Waals surface area contributed by atoms with Crippen molar-refractivity contribution in [3.63, 3.8) is 0 Å². The van der Waals surface area contributed by atoms with Gasteiger partial charge in [-0.05, 0) is 17.8 Å². The highest BCUT2D eigenvalue weighted by atomic mass is 16.2. The van der Waals surface area contributed by atoms with E-state index in [1.165, 1.54) is 19.3 Å². The molecule has 102 valence electrons. The molecule has 3 nitrogen and oxygen atoms in total. The third-order valence-electron chi connectivity index (χ3n) is 3.32. The van der Waals surface area contributed by atoms with E-state index in [1.807, 2.05) is 20.8 Å². The third kappa shape index (κ3) is 6.67. The van der Waals surface area contributed by atoms with Crippen LogP contribution in [0.15, 0.2) is 0 Å². The second kappa shape index (κ2) is 7.70. The molecule has 0 bridgehead atoms. The Morgan fingerprint density at radius 3 is 2.29 bits per heavy atom. The summed E-state index contributed by atoms with van der Waals surface area (Å²) in [6.45, 7) is 11.1. The third-order valence-corrected chi connectivity index (χ3v) is 3.32. The van der Waals surface area contributed by atoms with Crippen LogP contribution >= 0.6 is 0 Å². The highest BCUT2D eigenvalue weighted by Gasteiger charge is 2.27. The van der Waals surface area contributed by atoms with Crippen LogP contribution in [-0.2, 0) is 4.79 Å². The lowest BCUT2D eigenvalue weighted by Gasteiger charge is -2.26. The summed E-state index contributed by atoms with van der Waals surface area (Å²) < 4.78 is 0. The van der Waals surface area contributed by atoms with Gasteiger partial charge in [0.15, 0.2) is 0 Å². The monoisotopic (exact) mass is 242 g/mol. The van der Waals surface area contributed by atoms with E-state index < -0.39 is 6.04 Å². The molecule has 2 atom stereocenters. The van der Waals surface area contributed by atoms with Gasteiger partial charge >= 0.3 is 0 Å². The molecule has 0 spiro atoms. The van der Waals surface area contributed by atoms with E-state index in [4.69, 9.17) is 5.73 Å². The number of rotatable bonds is 7. The van der Waals surface area contributed by atoms with E-state index in [2.05, 4.69) is 19.2 Å². The summed E-state index contributed by atoms with van der Waals surface area (Å²) >= 11 is 0. The molecule has 0 rings (SSSR count). The van der Waals surface area contributed by atoms with Crippen LogP contribution in [0.4, 0.5) is 0 Å². The average molecular weight is 242 g/mol. The number of nitrogens with two attached hydrogens (primary N) is 1. The molecule has 0 aromatic rings. The molecule has 0 fully saturated rings. The second-order valence-electron chi connectivity index (χ2n) is 6.01. The predicted molar refractivity (Wildman–Crippen MR) is 73.7 cm³/mol. The fourth-order valence-electron chi connectivity index (χ4n) is 1.69. The van der Waals surface area contributed by atoms with Crippen LogP contribution in [0.5, 0.6) is 0 Å². The Morgan fingerprint density at radius 1 is 1.29 bits per heavy atom. The minimum absolute atomic E-state index is 0.0209. The van der Waals surface area contributed by atoms with Gasteiger partial charge < -0.3 is 11.1 Å². The first kappa shape index (κ1) is 16.4. The predicted octanol–water partition coefficient (Wildman–Crippen LogP) is 2.69. The first-order valence-corrected chi connectivity index (χ1v) is 6.86. The van der Waals surface area contributed by atoms with Gasteiger partial charge in [0.25, 0.3) is 0 Å². The van der Waals surface area contributed by atoms with Gasteiger partial charge in [0.1, 0.15) is 0 Å². The average Bonchev–Trinajstić information content (AvgIpc) is 2.26.